The van der Waals surface area contributed by atoms with E-state index >= 15 is 0 Å². The average Bonchev–Trinajstić information content (AvgIpc) is 3.00. The first-order valence-corrected chi connectivity index (χ1v) is 6.42. The van der Waals surface area contributed by atoms with Crippen LogP contribution in [0.15, 0.2) is 4.52 Å². The molecule has 0 aliphatic heterocycles. The van der Waals surface area contributed by atoms with Crippen LogP contribution in [0.25, 0.3) is 0 Å². The predicted octanol–water partition coefficient (Wildman–Crippen LogP) is 2.04. The summed E-state index contributed by atoms with van der Waals surface area (Å²) in [5, 5.41) is 12.4. The van der Waals surface area contributed by atoms with E-state index in [-0.39, 0.29) is 0 Å². The Morgan fingerprint density at radius 2 is 2.44 bits per heavy atom. The zero-order valence-electron chi connectivity index (χ0n) is 9.05. The summed E-state index contributed by atoms with van der Waals surface area (Å²) in [6.45, 7) is 1.86. The van der Waals surface area contributed by atoms with Crippen LogP contribution < -0.4 is 0 Å². The van der Waals surface area contributed by atoms with Gasteiger partial charge >= 0.3 is 5.97 Å². The molecular weight excluding hydrogens is 228 g/mol. The van der Waals surface area contributed by atoms with Crippen molar-refractivity contribution in [3.8, 4) is 0 Å². The van der Waals surface area contributed by atoms with Gasteiger partial charge in [0.2, 0.25) is 5.89 Å². The Bertz CT molecular complexity index is 376. The highest BCUT2D eigenvalue weighted by Gasteiger charge is 2.29. The number of carboxylic acid groups (broad SMARTS) is 1. The summed E-state index contributed by atoms with van der Waals surface area (Å²) in [6, 6.07) is 0. The quantitative estimate of drug-likeness (QED) is 0.822. The molecule has 5 nitrogen and oxygen atoms in total. The molecule has 88 valence electrons. The maximum atomic E-state index is 10.8. The fourth-order valence-electron chi connectivity index (χ4n) is 1.37. The molecule has 0 bridgehead atoms. The van der Waals surface area contributed by atoms with Gasteiger partial charge in [-0.15, -0.1) is 11.8 Å². The largest absolute Gasteiger partial charge is 0.480 e. The molecule has 1 aliphatic carbocycles. The molecule has 1 atom stereocenters. The summed E-state index contributed by atoms with van der Waals surface area (Å²) in [4.78, 5) is 15.0. The number of carbonyl (C=O) groups is 1. The molecule has 1 aromatic rings. The smallest absolute Gasteiger partial charge is 0.316 e. The lowest BCUT2D eigenvalue weighted by molar-refractivity contribution is -0.136. The van der Waals surface area contributed by atoms with Crippen molar-refractivity contribution in [1.82, 2.24) is 10.1 Å². The van der Waals surface area contributed by atoms with Gasteiger partial charge < -0.3 is 9.63 Å². The first kappa shape index (κ1) is 11.4. The van der Waals surface area contributed by atoms with E-state index in [1.54, 1.807) is 0 Å². The van der Waals surface area contributed by atoms with E-state index in [0.717, 1.165) is 18.7 Å². The van der Waals surface area contributed by atoms with Gasteiger partial charge in [0.15, 0.2) is 5.82 Å². The molecule has 6 heteroatoms. The molecule has 2 rings (SSSR count). The highest BCUT2D eigenvalue weighted by Crippen LogP contribution is 2.38. The molecule has 1 N–H and O–H groups in total. The third-order valence-corrected chi connectivity index (χ3v) is 3.83. The normalized spacial score (nSPS) is 17.3. The van der Waals surface area contributed by atoms with E-state index in [9.17, 15) is 4.79 Å². The van der Waals surface area contributed by atoms with Gasteiger partial charge in [-0.05, 0) is 19.3 Å². The number of rotatable bonds is 6. The maximum absolute atomic E-state index is 10.8. The van der Waals surface area contributed by atoms with Crippen LogP contribution in [-0.2, 0) is 10.5 Å². The van der Waals surface area contributed by atoms with Gasteiger partial charge in [0.05, 0.1) is 5.75 Å². The Labute approximate surface area is 97.6 Å². The third kappa shape index (κ3) is 2.75. The van der Waals surface area contributed by atoms with E-state index < -0.39 is 11.2 Å². The lowest BCUT2D eigenvalue weighted by atomic mass is 10.3. The highest BCUT2D eigenvalue weighted by atomic mass is 32.2. The number of hydrogen-bond acceptors (Lipinski definition) is 5. The molecule has 1 saturated carbocycles. The number of aromatic nitrogens is 2. The Hall–Kier alpha value is -1.04. The van der Waals surface area contributed by atoms with E-state index in [1.807, 2.05) is 6.92 Å². The van der Waals surface area contributed by atoms with Crippen LogP contribution in [0.1, 0.15) is 43.8 Å². The van der Waals surface area contributed by atoms with Crippen molar-refractivity contribution in [3.05, 3.63) is 11.7 Å². The first-order chi connectivity index (χ1) is 7.70. The first-order valence-electron chi connectivity index (χ1n) is 5.37. The van der Waals surface area contributed by atoms with Crippen LogP contribution in [0.3, 0.4) is 0 Å². The lowest BCUT2D eigenvalue weighted by Gasteiger charge is -2.06. The molecule has 16 heavy (non-hydrogen) atoms. The van der Waals surface area contributed by atoms with Crippen LogP contribution in [-0.4, -0.2) is 26.5 Å². The van der Waals surface area contributed by atoms with Gasteiger partial charge in [0, 0.05) is 5.92 Å². The van der Waals surface area contributed by atoms with Crippen molar-refractivity contribution in [2.24, 2.45) is 0 Å². The molecule has 1 heterocycles. The highest BCUT2D eigenvalue weighted by molar-refractivity contribution is 7.99. The molecule has 1 aliphatic rings. The molecule has 1 aromatic heterocycles. The molecule has 1 fully saturated rings. The molecule has 1 unspecified atom stereocenters. The fraction of sp³-hybridized carbons (Fsp3) is 0.700. The Kier molecular flexibility index (Phi) is 3.48. The molecule has 0 amide bonds. The van der Waals surface area contributed by atoms with Crippen LogP contribution in [0.5, 0.6) is 0 Å². The van der Waals surface area contributed by atoms with Crippen molar-refractivity contribution in [2.75, 3.05) is 0 Å². The summed E-state index contributed by atoms with van der Waals surface area (Å²) in [5.41, 5.74) is 0. The second-order valence-electron chi connectivity index (χ2n) is 3.87. The SMILES string of the molecule is CCC(SCc1nc(C2CC2)no1)C(=O)O. The van der Waals surface area contributed by atoms with Gasteiger partial charge in [-0.25, -0.2) is 0 Å². The van der Waals surface area contributed by atoms with E-state index in [4.69, 9.17) is 9.63 Å². The van der Waals surface area contributed by atoms with E-state index in [2.05, 4.69) is 10.1 Å². The van der Waals surface area contributed by atoms with Crippen LogP contribution >= 0.6 is 11.8 Å². The summed E-state index contributed by atoms with van der Waals surface area (Å²) < 4.78 is 5.07. The van der Waals surface area contributed by atoms with Gasteiger partial charge in [-0.3, -0.25) is 4.79 Å². The molecule has 0 spiro atoms. The Balaban J connectivity index is 1.85. The van der Waals surface area contributed by atoms with Gasteiger partial charge in [0.25, 0.3) is 0 Å². The van der Waals surface area contributed by atoms with E-state index in [1.165, 1.54) is 11.8 Å². The predicted molar refractivity (Wildman–Crippen MR) is 59.3 cm³/mol. The lowest BCUT2D eigenvalue weighted by Crippen LogP contribution is -2.15. The minimum absolute atomic E-state index is 0.392. The van der Waals surface area contributed by atoms with Crippen molar-refractivity contribution in [2.45, 2.75) is 43.1 Å². The van der Waals surface area contributed by atoms with Crippen LogP contribution in [0.4, 0.5) is 0 Å². The van der Waals surface area contributed by atoms with Crippen molar-refractivity contribution in [1.29, 1.82) is 0 Å². The van der Waals surface area contributed by atoms with Gasteiger partial charge in [0.1, 0.15) is 5.25 Å². The minimum atomic E-state index is -0.783. The summed E-state index contributed by atoms with van der Waals surface area (Å²) in [6.07, 6.45) is 2.88. The van der Waals surface area contributed by atoms with Gasteiger partial charge in [-0.2, -0.15) is 4.98 Å². The summed E-state index contributed by atoms with van der Waals surface area (Å²) in [7, 11) is 0. The van der Waals surface area contributed by atoms with Crippen LogP contribution in [0.2, 0.25) is 0 Å². The molecule has 0 radical (unpaired) electrons. The molecular formula is C10H14N2O3S. The van der Waals surface area contributed by atoms with Gasteiger partial charge in [-0.1, -0.05) is 12.1 Å². The van der Waals surface area contributed by atoms with Crippen LogP contribution in [0, 0.1) is 0 Å². The second-order valence-corrected chi connectivity index (χ2v) is 5.06. The van der Waals surface area contributed by atoms with Crippen molar-refractivity contribution in [3.63, 3.8) is 0 Å². The minimum Gasteiger partial charge on any atom is -0.480 e. The topological polar surface area (TPSA) is 76.2 Å². The maximum Gasteiger partial charge on any atom is 0.316 e. The number of hydrogen-bond donors (Lipinski definition) is 1. The number of carboxylic acids is 1. The second kappa shape index (κ2) is 4.86. The Morgan fingerprint density at radius 3 is 3.00 bits per heavy atom. The monoisotopic (exact) mass is 242 g/mol. The fourth-order valence-corrected chi connectivity index (χ4v) is 2.21. The summed E-state index contributed by atoms with van der Waals surface area (Å²) >= 11 is 1.33. The number of thioether (sulfide) groups is 1. The number of aliphatic carboxylic acids is 1. The third-order valence-electron chi connectivity index (χ3n) is 2.48. The zero-order chi connectivity index (χ0) is 11.5. The van der Waals surface area contributed by atoms with E-state index in [0.29, 0.717) is 24.0 Å². The average molecular weight is 242 g/mol. The number of nitrogens with zero attached hydrogens (tertiary/aromatic N) is 2. The standard InChI is InChI=1S/C10H14N2O3S/c1-2-7(10(13)14)16-5-8-11-9(12-15-8)6-3-4-6/h6-7H,2-5H2,1H3,(H,13,14). The Morgan fingerprint density at radius 1 is 1.69 bits per heavy atom. The molecule has 0 aromatic carbocycles. The molecule has 0 saturated heterocycles. The summed E-state index contributed by atoms with van der Waals surface area (Å²) in [5.74, 6) is 1.48. The van der Waals surface area contributed by atoms with Crippen molar-refractivity contribution < 1.29 is 14.4 Å². The van der Waals surface area contributed by atoms with Crippen molar-refractivity contribution >= 4 is 17.7 Å². The zero-order valence-corrected chi connectivity index (χ0v) is 9.87.